The largest absolute Gasteiger partial charge is 0.492 e. The van der Waals surface area contributed by atoms with Gasteiger partial charge in [-0.1, -0.05) is 11.6 Å². The highest BCUT2D eigenvalue weighted by Crippen LogP contribution is 2.26. The highest BCUT2D eigenvalue weighted by atomic mass is 35.5. The average Bonchev–Trinajstić information content (AvgIpc) is 2.03. The number of fused-ring (bicyclic) bond motifs is 1. The summed E-state index contributed by atoms with van der Waals surface area (Å²) in [6.45, 7) is 0.606. The summed E-state index contributed by atoms with van der Waals surface area (Å²) in [5.41, 5.74) is 6.84. The third-order valence-corrected chi connectivity index (χ3v) is 2.19. The van der Waals surface area contributed by atoms with E-state index in [0.29, 0.717) is 6.61 Å². The smallest absolute Gasteiger partial charge is 0.122 e. The molecular weight excluding hydrogens is 174 g/mol. The lowest BCUT2D eigenvalue weighted by Crippen LogP contribution is -2.33. The number of benzene rings is 1. The van der Waals surface area contributed by atoms with Crippen LogP contribution in [0.15, 0.2) is 18.2 Å². The van der Waals surface area contributed by atoms with Crippen molar-refractivity contribution in [2.75, 3.05) is 6.61 Å². The summed E-state index contributed by atoms with van der Waals surface area (Å²) in [6.07, 6.45) is 0.857. The predicted molar refractivity (Wildman–Crippen MR) is 48.6 cm³/mol. The minimum Gasteiger partial charge on any atom is -0.492 e. The molecule has 0 aliphatic carbocycles. The van der Waals surface area contributed by atoms with Crippen LogP contribution in [0.25, 0.3) is 0 Å². The molecule has 3 heteroatoms. The Morgan fingerprint density at radius 1 is 1.50 bits per heavy atom. The van der Waals surface area contributed by atoms with Crippen LogP contribution >= 0.6 is 11.6 Å². The number of hydrogen-bond acceptors (Lipinski definition) is 2. The fourth-order valence-electron chi connectivity index (χ4n) is 1.39. The van der Waals surface area contributed by atoms with Crippen molar-refractivity contribution in [3.8, 4) is 5.75 Å². The monoisotopic (exact) mass is 183 g/mol. The summed E-state index contributed by atoms with van der Waals surface area (Å²) < 4.78 is 5.41. The Kier molecular flexibility index (Phi) is 1.95. The fraction of sp³-hybridized carbons (Fsp3) is 0.333. The second-order valence-corrected chi connectivity index (χ2v) is 3.46. The van der Waals surface area contributed by atoms with E-state index in [-0.39, 0.29) is 6.04 Å². The molecule has 1 aliphatic rings. The molecule has 0 saturated heterocycles. The molecule has 0 bridgehead atoms. The maximum absolute atomic E-state index is 5.83. The van der Waals surface area contributed by atoms with Gasteiger partial charge in [-0.2, -0.15) is 0 Å². The number of halogens is 1. The van der Waals surface area contributed by atoms with E-state index in [1.165, 1.54) is 0 Å². The molecule has 1 heterocycles. The van der Waals surface area contributed by atoms with Gasteiger partial charge in [0.15, 0.2) is 0 Å². The molecule has 0 saturated carbocycles. The number of ether oxygens (including phenoxy) is 1. The second kappa shape index (κ2) is 2.96. The van der Waals surface area contributed by atoms with E-state index in [1.54, 1.807) is 0 Å². The van der Waals surface area contributed by atoms with Crippen LogP contribution in [0.5, 0.6) is 5.75 Å². The quantitative estimate of drug-likeness (QED) is 0.663. The average molecular weight is 184 g/mol. The lowest BCUT2D eigenvalue weighted by Gasteiger charge is -2.22. The lowest BCUT2D eigenvalue weighted by molar-refractivity contribution is 0.263. The maximum Gasteiger partial charge on any atom is 0.122 e. The summed E-state index contributed by atoms with van der Waals surface area (Å²) in [5.74, 6) is 0.918. The summed E-state index contributed by atoms with van der Waals surface area (Å²) in [5, 5.41) is 0.742. The molecule has 0 amide bonds. The Morgan fingerprint density at radius 2 is 2.33 bits per heavy atom. The zero-order valence-corrected chi connectivity index (χ0v) is 7.34. The van der Waals surface area contributed by atoms with Crippen LogP contribution in [0, 0.1) is 0 Å². The van der Waals surface area contributed by atoms with Crippen molar-refractivity contribution in [1.82, 2.24) is 0 Å². The van der Waals surface area contributed by atoms with Crippen molar-refractivity contribution >= 4 is 11.6 Å². The molecule has 64 valence electrons. The summed E-state index contributed by atoms with van der Waals surface area (Å²) in [7, 11) is 0. The highest BCUT2D eigenvalue weighted by Gasteiger charge is 2.15. The minimum absolute atomic E-state index is 0.107. The summed E-state index contributed by atoms with van der Waals surface area (Å²) in [6, 6.07) is 5.74. The molecule has 1 aromatic carbocycles. The van der Waals surface area contributed by atoms with Crippen molar-refractivity contribution in [2.24, 2.45) is 5.73 Å². The van der Waals surface area contributed by atoms with E-state index < -0.39 is 0 Å². The van der Waals surface area contributed by atoms with Crippen LogP contribution in [0.1, 0.15) is 5.56 Å². The van der Waals surface area contributed by atoms with E-state index in [4.69, 9.17) is 22.1 Å². The Bertz CT molecular complexity index is 301. The van der Waals surface area contributed by atoms with Crippen LogP contribution in [-0.2, 0) is 6.42 Å². The van der Waals surface area contributed by atoms with Crippen molar-refractivity contribution in [3.63, 3.8) is 0 Å². The van der Waals surface area contributed by atoms with Gasteiger partial charge in [-0.25, -0.2) is 0 Å². The molecule has 2 nitrogen and oxygen atoms in total. The number of nitrogens with two attached hydrogens (primary N) is 1. The topological polar surface area (TPSA) is 35.2 Å². The van der Waals surface area contributed by atoms with E-state index >= 15 is 0 Å². The van der Waals surface area contributed by atoms with Crippen LogP contribution in [-0.4, -0.2) is 12.6 Å². The zero-order chi connectivity index (χ0) is 8.55. The van der Waals surface area contributed by atoms with Gasteiger partial charge in [-0.05, 0) is 30.2 Å². The fourth-order valence-corrected chi connectivity index (χ4v) is 1.58. The van der Waals surface area contributed by atoms with Crippen LogP contribution < -0.4 is 10.5 Å². The third kappa shape index (κ3) is 1.40. The van der Waals surface area contributed by atoms with Gasteiger partial charge in [0.25, 0.3) is 0 Å². The van der Waals surface area contributed by atoms with Crippen molar-refractivity contribution in [1.29, 1.82) is 0 Å². The normalized spacial score (nSPS) is 21.3. The van der Waals surface area contributed by atoms with Crippen molar-refractivity contribution in [3.05, 3.63) is 28.8 Å². The first-order valence-corrected chi connectivity index (χ1v) is 4.30. The molecular formula is C9H10ClNO. The van der Waals surface area contributed by atoms with Gasteiger partial charge in [0.1, 0.15) is 12.4 Å². The third-order valence-electron chi connectivity index (χ3n) is 1.96. The molecule has 0 spiro atoms. The predicted octanol–water partition coefficient (Wildman–Crippen LogP) is 1.60. The van der Waals surface area contributed by atoms with Gasteiger partial charge >= 0.3 is 0 Å². The first kappa shape index (κ1) is 7.90. The van der Waals surface area contributed by atoms with Gasteiger partial charge in [-0.3, -0.25) is 0 Å². The molecule has 1 atom stereocenters. The Labute approximate surface area is 76.3 Å². The van der Waals surface area contributed by atoms with Gasteiger partial charge in [-0.15, -0.1) is 0 Å². The standard InChI is InChI=1S/C9H10ClNO/c10-7-1-2-9-6(3-7)4-8(11)5-12-9/h1-3,8H,4-5,11H2. The van der Waals surface area contributed by atoms with E-state index in [2.05, 4.69) is 0 Å². The summed E-state index contributed by atoms with van der Waals surface area (Å²) in [4.78, 5) is 0. The van der Waals surface area contributed by atoms with Gasteiger partial charge in [0, 0.05) is 11.1 Å². The molecule has 2 rings (SSSR count). The molecule has 1 aromatic rings. The lowest BCUT2D eigenvalue weighted by atomic mass is 10.0. The zero-order valence-electron chi connectivity index (χ0n) is 6.59. The SMILES string of the molecule is NC1COc2ccc(Cl)cc2C1. The number of hydrogen-bond donors (Lipinski definition) is 1. The van der Waals surface area contributed by atoms with Gasteiger partial charge in [0.2, 0.25) is 0 Å². The van der Waals surface area contributed by atoms with Gasteiger partial charge in [0.05, 0.1) is 0 Å². The first-order valence-electron chi connectivity index (χ1n) is 3.92. The van der Waals surface area contributed by atoms with E-state index in [9.17, 15) is 0 Å². The Hall–Kier alpha value is -0.730. The van der Waals surface area contributed by atoms with Crippen LogP contribution in [0.2, 0.25) is 5.02 Å². The van der Waals surface area contributed by atoms with Crippen LogP contribution in [0.4, 0.5) is 0 Å². The van der Waals surface area contributed by atoms with E-state index in [0.717, 1.165) is 22.8 Å². The van der Waals surface area contributed by atoms with Crippen molar-refractivity contribution in [2.45, 2.75) is 12.5 Å². The molecule has 1 aliphatic heterocycles. The Balaban J connectivity index is 2.37. The Morgan fingerprint density at radius 3 is 3.17 bits per heavy atom. The highest BCUT2D eigenvalue weighted by molar-refractivity contribution is 6.30. The second-order valence-electron chi connectivity index (χ2n) is 3.03. The molecule has 12 heavy (non-hydrogen) atoms. The molecule has 0 aromatic heterocycles. The minimum atomic E-state index is 0.107. The van der Waals surface area contributed by atoms with Crippen LogP contribution in [0.3, 0.4) is 0 Å². The molecule has 0 fully saturated rings. The van der Waals surface area contributed by atoms with Crippen molar-refractivity contribution < 1.29 is 4.74 Å². The molecule has 0 radical (unpaired) electrons. The first-order chi connectivity index (χ1) is 5.75. The molecule has 1 unspecified atom stereocenters. The number of rotatable bonds is 0. The van der Waals surface area contributed by atoms with E-state index in [1.807, 2.05) is 18.2 Å². The molecule has 2 N–H and O–H groups in total. The van der Waals surface area contributed by atoms with Gasteiger partial charge < -0.3 is 10.5 Å². The maximum atomic E-state index is 5.83. The summed E-state index contributed by atoms with van der Waals surface area (Å²) >= 11 is 5.83.